The fourth-order valence-electron chi connectivity index (χ4n) is 1.65. The highest BCUT2D eigenvalue weighted by atomic mass is 19.1. The molecule has 0 heterocycles. The van der Waals surface area contributed by atoms with Crippen LogP contribution in [0.1, 0.15) is 15.9 Å². The third-order valence-electron chi connectivity index (χ3n) is 2.58. The zero-order valence-electron chi connectivity index (χ0n) is 9.77. The van der Waals surface area contributed by atoms with Crippen LogP contribution >= 0.6 is 0 Å². The number of nitrogens with one attached hydrogen (secondary N) is 1. The zero-order chi connectivity index (χ0) is 13.1. The van der Waals surface area contributed by atoms with Crippen molar-refractivity contribution in [3.63, 3.8) is 0 Å². The number of hydrogen-bond donors (Lipinski definition) is 2. The normalized spacial score (nSPS) is 10.1. The van der Waals surface area contributed by atoms with Crippen LogP contribution in [0.15, 0.2) is 42.5 Å². The molecule has 0 aliphatic carbocycles. The Labute approximate surface area is 104 Å². The number of aryl methyl sites for hydroxylation is 1. The number of carbonyl (C=O) groups is 1. The summed E-state index contributed by atoms with van der Waals surface area (Å²) in [5, 5.41) is 11.8. The Bertz CT molecular complexity index is 596. The van der Waals surface area contributed by atoms with Gasteiger partial charge in [-0.15, -0.1) is 0 Å². The summed E-state index contributed by atoms with van der Waals surface area (Å²) in [4.78, 5) is 11.9. The van der Waals surface area contributed by atoms with Crippen molar-refractivity contribution in [2.24, 2.45) is 0 Å². The van der Waals surface area contributed by atoms with E-state index in [1.54, 1.807) is 19.1 Å². The quantitative estimate of drug-likeness (QED) is 0.854. The minimum Gasteiger partial charge on any atom is -0.508 e. The molecule has 4 heteroatoms. The second-order valence-corrected chi connectivity index (χ2v) is 3.93. The van der Waals surface area contributed by atoms with Gasteiger partial charge in [0.1, 0.15) is 11.6 Å². The van der Waals surface area contributed by atoms with E-state index in [0.29, 0.717) is 11.1 Å². The van der Waals surface area contributed by atoms with Crippen LogP contribution in [0.25, 0.3) is 0 Å². The Morgan fingerprint density at radius 1 is 1.22 bits per heavy atom. The van der Waals surface area contributed by atoms with E-state index in [4.69, 9.17) is 0 Å². The zero-order valence-corrected chi connectivity index (χ0v) is 9.77. The van der Waals surface area contributed by atoms with Crippen LogP contribution in [0, 0.1) is 12.7 Å². The number of rotatable bonds is 2. The lowest BCUT2D eigenvalue weighted by atomic mass is 10.1. The number of carbonyl (C=O) groups excluding carboxylic acids is 1. The molecule has 0 aliphatic rings. The van der Waals surface area contributed by atoms with Crippen molar-refractivity contribution in [2.45, 2.75) is 6.92 Å². The summed E-state index contributed by atoms with van der Waals surface area (Å²) >= 11 is 0. The van der Waals surface area contributed by atoms with Gasteiger partial charge in [-0.1, -0.05) is 12.1 Å². The third kappa shape index (κ3) is 2.48. The molecule has 2 aromatic carbocycles. The number of anilines is 1. The van der Waals surface area contributed by atoms with Gasteiger partial charge < -0.3 is 10.4 Å². The van der Waals surface area contributed by atoms with E-state index < -0.39 is 11.7 Å². The van der Waals surface area contributed by atoms with Crippen molar-refractivity contribution >= 4 is 11.6 Å². The van der Waals surface area contributed by atoms with Crippen LogP contribution in [0.3, 0.4) is 0 Å². The predicted molar refractivity (Wildman–Crippen MR) is 67.2 cm³/mol. The van der Waals surface area contributed by atoms with Crippen LogP contribution < -0.4 is 5.32 Å². The predicted octanol–water partition coefficient (Wildman–Crippen LogP) is 3.09. The number of benzene rings is 2. The number of hydrogen-bond acceptors (Lipinski definition) is 2. The summed E-state index contributed by atoms with van der Waals surface area (Å²) in [6.45, 7) is 1.70. The average Bonchev–Trinajstić information content (AvgIpc) is 2.32. The van der Waals surface area contributed by atoms with Crippen LogP contribution in [-0.4, -0.2) is 11.0 Å². The molecule has 2 rings (SSSR count). The highest BCUT2D eigenvalue weighted by Crippen LogP contribution is 2.18. The first-order valence-corrected chi connectivity index (χ1v) is 5.43. The van der Waals surface area contributed by atoms with Gasteiger partial charge in [0.15, 0.2) is 0 Å². The van der Waals surface area contributed by atoms with Crippen molar-refractivity contribution in [1.82, 2.24) is 0 Å². The fraction of sp³-hybridized carbons (Fsp3) is 0.0714. The summed E-state index contributed by atoms with van der Waals surface area (Å²) in [6.07, 6.45) is 0. The molecule has 2 aromatic rings. The molecule has 0 fully saturated rings. The first-order chi connectivity index (χ1) is 8.58. The van der Waals surface area contributed by atoms with Crippen molar-refractivity contribution < 1.29 is 14.3 Å². The Morgan fingerprint density at radius 2 is 1.94 bits per heavy atom. The molecule has 0 radical (unpaired) electrons. The van der Waals surface area contributed by atoms with E-state index in [0.717, 1.165) is 0 Å². The minimum atomic E-state index is -0.484. The van der Waals surface area contributed by atoms with E-state index in [1.807, 2.05) is 0 Å². The molecule has 0 aromatic heterocycles. The molecule has 0 saturated carbocycles. The summed E-state index contributed by atoms with van der Waals surface area (Å²) in [5.41, 5.74) is 1.16. The van der Waals surface area contributed by atoms with Crippen LogP contribution in [-0.2, 0) is 0 Å². The van der Waals surface area contributed by atoms with E-state index in [-0.39, 0.29) is 11.4 Å². The molecule has 92 valence electrons. The molecule has 1 amide bonds. The molecule has 2 N–H and O–H groups in total. The van der Waals surface area contributed by atoms with Crippen molar-refractivity contribution in [1.29, 1.82) is 0 Å². The van der Waals surface area contributed by atoms with E-state index in [1.165, 1.54) is 30.3 Å². The van der Waals surface area contributed by atoms with E-state index in [9.17, 15) is 14.3 Å². The van der Waals surface area contributed by atoms with Gasteiger partial charge in [0.25, 0.3) is 5.91 Å². The van der Waals surface area contributed by atoms with E-state index in [2.05, 4.69) is 5.32 Å². The van der Waals surface area contributed by atoms with Gasteiger partial charge in [0, 0.05) is 5.56 Å². The molecule has 0 bridgehead atoms. The largest absolute Gasteiger partial charge is 0.508 e. The van der Waals surface area contributed by atoms with Gasteiger partial charge in [0.05, 0.1) is 5.69 Å². The standard InChI is InChI=1S/C14H12FNO2/c1-9-8-10(17)6-7-11(9)14(18)16-13-5-3-2-4-12(13)15/h2-8,17H,1H3,(H,16,18). The fourth-order valence-corrected chi connectivity index (χ4v) is 1.65. The van der Waals surface area contributed by atoms with Gasteiger partial charge in [-0.3, -0.25) is 4.79 Å². The molecule has 0 atom stereocenters. The summed E-state index contributed by atoms with van der Waals surface area (Å²) in [6, 6.07) is 10.4. The maximum atomic E-state index is 13.4. The Balaban J connectivity index is 2.25. The lowest BCUT2D eigenvalue weighted by molar-refractivity contribution is 0.102. The molecule has 0 spiro atoms. The molecule has 0 aliphatic heterocycles. The molecular weight excluding hydrogens is 233 g/mol. The number of amides is 1. The highest BCUT2D eigenvalue weighted by Gasteiger charge is 2.11. The number of aromatic hydroxyl groups is 1. The molecule has 0 saturated heterocycles. The molecule has 3 nitrogen and oxygen atoms in total. The van der Waals surface area contributed by atoms with Gasteiger partial charge in [-0.05, 0) is 42.8 Å². The Kier molecular flexibility index (Phi) is 3.28. The van der Waals surface area contributed by atoms with Gasteiger partial charge in [-0.25, -0.2) is 4.39 Å². The average molecular weight is 245 g/mol. The first-order valence-electron chi connectivity index (χ1n) is 5.43. The lowest BCUT2D eigenvalue weighted by Crippen LogP contribution is -2.14. The maximum Gasteiger partial charge on any atom is 0.256 e. The SMILES string of the molecule is Cc1cc(O)ccc1C(=O)Nc1ccccc1F. The van der Waals surface area contributed by atoms with Crippen molar-refractivity contribution in [2.75, 3.05) is 5.32 Å². The number of para-hydroxylation sites is 1. The second-order valence-electron chi connectivity index (χ2n) is 3.93. The van der Waals surface area contributed by atoms with Crippen LogP contribution in [0.5, 0.6) is 5.75 Å². The van der Waals surface area contributed by atoms with Crippen LogP contribution in [0.4, 0.5) is 10.1 Å². The number of phenols is 1. The van der Waals surface area contributed by atoms with Gasteiger partial charge >= 0.3 is 0 Å². The molecule has 0 unspecified atom stereocenters. The summed E-state index contributed by atoms with van der Waals surface area (Å²) in [5.74, 6) is -0.796. The van der Waals surface area contributed by atoms with Crippen molar-refractivity contribution in [3.8, 4) is 5.75 Å². The monoisotopic (exact) mass is 245 g/mol. The lowest BCUT2D eigenvalue weighted by Gasteiger charge is -2.08. The third-order valence-corrected chi connectivity index (χ3v) is 2.58. The summed E-state index contributed by atoms with van der Waals surface area (Å²) in [7, 11) is 0. The molecule has 18 heavy (non-hydrogen) atoms. The number of halogens is 1. The minimum absolute atomic E-state index is 0.0925. The Morgan fingerprint density at radius 3 is 2.61 bits per heavy atom. The van der Waals surface area contributed by atoms with E-state index >= 15 is 0 Å². The topological polar surface area (TPSA) is 49.3 Å². The summed E-state index contributed by atoms with van der Waals surface area (Å²) < 4.78 is 13.4. The second kappa shape index (κ2) is 4.87. The van der Waals surface area contributed by atoms with Crippen LogP contribution in [0.2, 0.25) is 0 Å². The van der Waals surface area contributed by atoms with Gasteiger partial charge in [-0.2, -0.15) is 0 Å². The Hall–Kier alpha value is -2.36. The highest BCUT2D eigenvalue weighted by molar-refractivity contribution is 6.05. The maximum absolute atomic E-state index is 13.4. The number of phenolic OH excluding ortho intramolecular Hbond substituents is 1. The smallest absolute Gasteiger partial charge is 0.256 e. The first kappa shape index (κ1) is 12.1. The molecular formula is C14H12FNO2. The van der Waals surface area contributed by atoms with Gasteiger partial charge in [0.2, 0.25) is 0 Å². The van der Waals surface area contributed by atoms with Crippen molar-refractivity contribution in [3.05, 3.63) is 59.4 Å².